The molecule has 2 rings (SSSR count). The monoisotopic (exact) mass is 380 g/mol. The summed E-state index contributed by atoms with van der Waals surface area (Å²) in [6.07, 6.45) is 3.56. The summed E-state index contributed by atoms with van der Waals surface area (Å²) in [5, 5.41) is 0. The standard InChI is InChI=1S/C27H40O/c1-9-19(4)25-14-13-24(16-22(25)7)20(5)10-11-21(6)26-15-12-23(18(2)3)17-27(26)28-8/h12-21H,9-11H2,1-8H3. The first-order chi connectivity index (χ1) is 13.3. The number of aryl methyl sites for hydroxylation is 1. The van der Waals surface area contributed by atoms with Crippen molar-refractivity contribution in [3.63, 3.8) is 0 Å². The van der Waals surface area contributed by atoms with Crippen LogP contribution in [0.2, 0.25) is 0 Å². The van der Waals surface area contributed by atoms with Gasteiger partial charge in [-0.3, -0.25) is 0 Å². The summed E-state index contributed by atoms with van der Waals surface area (Å²) in [5.74, 6) is 3.29. The molecule has 3 unspecified atom stereocenters. The molecular formula is C27H40O. The number of hydrogen-bond donors (Lipinski definition) is 0. The molecule has 1 heteroatoms. The van der Waals surface area contributed by atoms with E-state index >= 15 is 0 Å². The number of hydrogen-bond acceptors (Lipinski definition) is 1. The normalized spacial score (nSPS) is 14.8. The van der Waals surface area contributed by atoms with E-state index in [2.05, 4.69) is 84.9 Å². The van der Waals surface area contributed by atoms with Crippen LogP contribution in [0.15, 0.2) is 36.4 Å². The summed E-state index contributed by atoms with van der Waals surface area (Å²) in [4.78, 5) is 0. The van der Waals surface area contributed by atoms with Crippen LogP contribution in [0, 0.1) is 6.92 Å². The Kier molecular flexibility index (Phi) is 8.16. The summed E-state index contributed by atoms with van der Waals surface area (Å²) in [6.45, 7) is 16.0. The highest BCUT2D eigenvalue weighted by Crippen LogP contribution is 2.35. The fourth-order valence-corrected chi connectivity index (χ4v) is 4.09. The minimum atomic E-state index is 0.499. The first kappa shape index (κ1) is 22.5. The minimum Gasteiger partial charge on any atom is -0.496 e. The Morgan fingerprint density at radius 2 is 1.36 bits per heavy atom. The van der Waals surface area contributed by atoms with E-state index in [1.165, 1.54) is 47.1 Å². The number of benzene rings is 2. The topological polar surface area (TPSA) is 9.23 Å². The molecule has 0 saturated carbocycles. The van der Waals surface area contributed by atoms with Crippen molar-refractivity contribution < 1.29 is 4.74 Å². The lowest BCUT2D eigenvalue weighted by Gasteiger charge is -2.21. The maximum absolute atomic E-state index is 5.71. The minimum absolute atomic E-state index is 0.499. The Labute approximate surface area is 173 Å². The third-order valence-corrected chi connectivity index (χ3v) is 6.49. The molecule has 0 spiro atoms. The molecule has 0 N–H and O–H groups in total. The van der Waals surface area contributed by atoms with Crippen molar-refractivity contribution in [2.24, 2.45) is 0 Å². The van der Waals surface area contributed by atoms with Crippen molar-refractivity contribution in [1.29, 1.82) is 0 Å². The summed E-state index contributed by atoms with van der Waals surface area (Å²) in [6, 6.07) is 13.9. The van der Waals surface area contributed by atoms with Gasteiger partial charge in [-0.2, -0.15) is 0 Å². The summed E-state index contributed by atoms with van der Waals surface area (Å²) < 4.78 is 5.71. The predicted molar refractivity (Wildman–Crippen MR) is 123 cm³/mol. The van der Waals surface area contributed by atoms with Crippen LogP contribution in [-0.2, 0) is 0 Å². The van der Waals surface area contributed by atoms with Gasteiger partial charge in [0.05, 0.1) is 7.11 Å². The molecule has 2 aromatic carbocycles. The van der Waals surface area contributed by atoms with Gasteiger partial charge in [0.25, 0.3) is 0 Å². The van der Waals surface area contributed by atoms with Crippen molar-refractivity contribution in [2.75, 3.05) is 7.11 Å². The van der Waals surface area contributed by atoms with Crippen LogP contribution in [0.1, 0.15) is 112 Å². The molecule has 1 nitrogen and oxygen atoms in total. The van der Waals surface area contributed by atoms with Crippen molar-refractivity contribution >= 4 is 0 Å². The molecule has 0 radical (unpaired) electrons. The lowest BCUT2D eigenvalue weighted by atomic mass is 9.86. The zero-order valence-corrected chi connectivity index (χ0v) is 19.3. The van der Waals surface area contributed by atoms with Gasteiger partial charge in [-0.1, -0.05) is 71.9 Å². The Morgan fingerprint density at radius 3 is 1.93 bits per heavy atom. The van der Waals surface area contributed by atoms with E-state index < -0.39 is 0 Å². The lowest BCUT2D eigenvalue weighted by Crippen LogP contribution is -2.03. The Balaban J connectivity index is 2.06. The molecule has 0 heterocycles. The average molecular weight is 381 g/mol. The smallest absolute Gasteiger partial charge is 0.122 e. The second kappa shape index (κ2) is 10.1. The predicted octanol–water partition coefficient (Wildman–Crippen LogP) is 8.33. The fraction of sp³-hybridized carbons (Fsp3) is 0.556. The largest absolute Gasteiger partial charge is 0.496 e. The maximum atomic E-state index is 5.71. The van der Waals surface area contributed by atoms with Crippen molar-refractivity contribution in [3.05, 3.63) is 64.2 Å². The van der Waals surface area contributed by atoms with Gasteiger partial charge in [-0.05, 0) is 83.7 Å². The zero-order valence-electron chi connectivity index (χ0n) is 19.3. The molecule has 0 bridgehead atoms. The van der Waals surface area contributed by atoms with E-state index in [0.717, 1.165) is 5.75 Å². The Hall–Kier alpha value is -1.76. The van der Waals surface area contributed by atoms with E-state index in [-0.39, 0.29) is 0 Å². The van der Waals surface area contributed by atoms with Crippen molar-refractivity contribution in [2.45, 2.75) is 91.4 Å². The van der Waals surface area contributed by atoms with E-state index in [0.29, 0.717) is 23.7 Å². The van der Waals surface area contributed by atoms with Crippen LogP contribution in [0.3, 0.4) is 0 Å². The summed E-state index contributed by atoms with van der Waals surface area (Å²) >= 11 is 0. The van der Waals surface area contributed by atoms with Crippen LogP contribution in [0.5, 0.6) is 5.75 Å². The quantitative estimate of drug-likeness (QED) is 0.425. The van der Waals surface area contributed by atoms with Crippen molar-refractivity contribution in [3.8, 4) is 5.75 Å². The molecule has 3 atom stereocenters. The van der Waals surface area contributed by atoms with Crippen LogP contribution < -0.4 is 4.74 Å². The van der Waals surface area contributed by atoms with E-state index in [4.69, 9.17) is 4.74 Å². The van der Waals surface area contributed by atoms with Gasteiger partial charge in [-0.25, -0.2) is 0 Å². The van der Waals surface area contributed by atoms with E-state index in [9.17, 15) is 0 Å². The average Bonchev–Trinajstić information content (AvgIpc) is 2.70. The van der Waals surface area contributed by atoms with Gasteiger partial charge in [0, 0.05) is 0 Å². The first-order valence-corrected chi connectivity index (χ1v) is 11.1. The van der Waals surface area contributed by atoms with Crippen molar-refractivity contribution in [1.82, 2.24) is 0 Å². The molecule has 0 aromatic heterocycles. The van der Waals surface area contributed by atoms with Gasteiger partial charge in [0.1, 0.15) is 5.75 Å². The highest BCUT2D eigenvalue weighted by molar-refractivity contribution is 5.41. The van der Waals surface area contributed by atoms with Gasteiger partial charge >= 0.3 is 0 Å². The number of rotatable bonds is 9. The Bertz CT molecular complexity index is 759. The molecule has 0 fully saturated rings. The number of ether oxygens (including phenoxy) is 1. The molecule has 28 heavy (non-hydrogen) atoms. The zero-order chi connectivity index (χ0) is 20.8. The van der Waals surface area contributed by atoms with Crippen LogP contribution in [0.25, 0.3) is 0 Å². The van der Waals surface area contributed by atoms with Crippen LogP contribution in [-0.4, -0.2) is 7.11 Å². The van der Waals surface area contributed by atoms with Gasteiger partial charge in [0.15, 0.2) is 0 Å². The highest BCUT2D eigenvalue weighted by atomic mass is 16.5. The van der Waals surface area contributed by atoms with E-state index in [1.54, 1.807) is 7.11 Å². The third kappa shape index (κ3) is 5.40. The molecule has 2 aromatic rings. The van der Waals surface area contributed by atoms with Crippen LogP contribution in [0.4, 0.5) is 0 Å². The molecule has 0 aliphatic carbocycles. The van der Waals surface area contributed by atoms with Gasteiger partial charge in [-0.15, -0.1) is 0 Å². The number of methoxy groups -OCH3 is 1. The lowest BCUT2D eigenvalue weighted by molar-refractivity contribution is 0.403. The molecule has 0 aliphatic heterocycles. The molecular weight excluding hydrogens is 340 g/mol. The van der Waals surface area contributed by atoms with Gasteiger partial charge < -0.3 is 4.74 Å². The van der Waals surface area contributed by atoms with Crippen LogP contribution >= 0.6 is 0 Å². The third-order valence-electron chi connectivity index (χ3n) is 6.49. The fourth-order valence-electron chi connectivity index (χ4n) is 4.09. The molecule has 154 valence electrons. The van der Waals surface area contributed by atoms with Gasteiger partial charge in [0.2, 0.25) is 0 Å². The molecule has 0 aliphatic rings. The summed E-state index contributed by atoms with van der Waals surface area (Å²) in [7, 11) is 1.79. The SMILES string of the molecule is CCC(C)c1ccc(C(C)CCC(C)c2ccc(C(C)C)cc2OC)cc1C. The Morgan fingerprint density at radius 1 is 0.750 bits per heavy atom. The molecule has 0 amide bonds. The highest BCUT2D eigenvalue weighted by Gasteiger charge is 2.16. The second-order valence-electron chi connectivity index (χ2n) is 8.96. The maximum Gasteiger partial charge on any atom is 0.122 e. The second-order valence-corrected chi connectivity index (χ2v) is 8.96. The first-order valence-electron chi connectivity index (χ1n) is 11.1. The molecule has 0 saturated heterocycles. The van der Waals surface area contributed by atoms with E-state index in [1.807, 2.05) is 0 Å². The summed E-state index contributed by atoms with van der Waals surface area (Å²) in [5.41, 5.74) is 7.10.